The lowest BCUT2D eigenvalue weighted by Gasteiger charge is -2.26. The molecule has 0 unspecified atom stereocenters. The maximum atomic E-state index is 12.1. The van der Waals surface area contributed by atoms with Crippen molar-refractivity contribution in [2.75, 3.05) is 19.8 Å². The van der Waals surface area contributed by atoms with Crippen molar-refractivity contribution >= 4 is 17.9 Å². The van der Waals surface area contributed by atoms with E-state index in [1.165, 1.54) is 11.1 Å². The molecule has 0 atom stereocenters. The quantitative estimate of drug-likeness (QED) is 0.764. The van der Waals surface area contributed by atoms with E-state index in [0.717, 1.165) is 0 Å². The average Bonchev–Trinajstić information content (AvgIpc) is 2.53. The lowest BCUT2D eigenvalue weighted by Crippen LogP contribution is -2.31. The Balaban J connectivity index is 3.50. The van der Waals surface area contributed by atoms with Crippen molar-refractivity contribution in [3.8, 4) is 0 Å². The predicted octanol–water partition coefficient (Wildman–Crippen LogP) is 1.52. The Morgan fingerprint density at radius 2 is 2.00 bits per heavy atom. The SMILES string of the molecule is CN(C)C(=O)c1cc(C=N)c(N)n1C(C)(C)C. The molecular formula is C12H20N4O. The Bertz CT molecular complexity index is 452. The van der Waals surface area contributed by atoms with Gasteiger partial charge in [0.2, 0.25) is 0 Å². The Kier molecular flexibility index (Phi) is 3.31. The van der Waals surface area contributed by atoms with E-state index >= 15 is 0 Å². The van der Waals surface area contributed by atoms with E-state index in [1.807, 2.05) is 20.8 Å². The zero-order valence-electron chi connectivity index (χ0n) is 11.0. The van der Waals surface area contributed by atoms with Crippen LogP contribution in [-0.2, 0) is 5.54 Å². The maximum absolute atomic E-state index is 12.1. The van der Waals surface area contributed by atoms with Crippen LogP contribution in [0.5, 0.6) is 0 Å². The van der Waals surface area contributed by atoms with Gasteiger partial charge in [-0.2, -0.15) is 0 Å². The first-order valence-electron chi connectivity index (χ1n) is 5.44. The van der Waals surface area contributed by atoms with E-state index < -0.39 is 0 Å². The summed E-state index contributed by atoms with van der Waals surface area (Å²) in [6.07, 6.45) is 1.17. The molecule has 1 amide bonds. The van der Waals surface area contributed by atoms with Gasteiger partial charge in [-0.3, -0.25) is 4.79 Å². The molecule has 1 aromatic heterocycles. The monoisotopic (exact) mass is 236 g/mol. The highest BCUT2D eigenvalue weighted by Gasteiger charge is 2.26. The number of carbonyl (C=O) groups excluding carboxylic acids is 1. The molecule has 0 aliphatic heterocycles. The number of aromatic nitrogens is 1. The van der Waals surface area contributed by atoms with Crippen molar-refractivity contribution in [1.29, 1.82) is 5.41 Å². The van der Waals surface area contributed by atoms with E-state index in [1.54, 1.807) is 24.7 Å². The minimum Gasteiger partial charge on any atom is -0.385 e. The van der Waals surface area contributed by atoms with Crippen LogP contribution in [0.25, 0.3) is 0 Å². The zero-order valence-corrected chi connectivity index (χ0v) is 11.0. The van der Waals surface area contributed by atoms with E-state index in [9.17, 15) is 4.79 Å². The van der Waals surface area contributed by atoms with Crippen molar-refractivity contribution in [2.24, 2.45) is 0 Å². The summed E-state index contributed by atoms with van der Waals surface area (Å²) >= 11 is 0. The number of carbonyl (C=O) groups is 1. The van der Waals surface area contributed by atoms with Crippen LogP contribution in [0.1, 0.15) is 36.8 Å². The van der Waals surface area contributed by atoms with Crippen molar-refractivity contribution < 1.29 is 4.79 Å². The highest BCUT2D eigenvalue weighted by molar-refractivity contribution is 5.97. The number of nitrogens with one attached hydrogen (secondary N) is 1. The summed E-state index contributed by atoms with van der Waals surface area (Å²) in [6, 6.07) is 1.66. The number of hydrogen-bond donors (Lipinski definition) is 2. The lowest BCUT2D eigenvalue weighted by atomic mass is 10.1. The summed E-state index contributed by atoms with van der Waals surface area (Å²) in [5.41, 5.74) is 6.77. The average molecular weight is 236 g/mol. The van der Waals surface area contributed by atoms with Gasteiger partial charge in [-0.1, -0.05) is 0 Å². The minimum absolute atomic E-state index is 0.111. The third-order valence-corrected chi connectivity index (χ3v) is 2.52. The fraction of sp³-hybridized carbons (Fsp3) is 0.500. The van der Waals surface area contributed by atoms with Crippen LogP contribution >= 0.6 is 0 Å². The molecule has 1 rings (SSSR count). The van der Waals surface area contributed by atoms with Gasteiger partial charge in [-0.05, 0) is 26.8 Å². The van der Waals surface area contributed by atoms with Gasteiger partial charge < -0.3 is 20.6 Å². The molecule has 0 radical (unpaired) electrons. The molecule has 1 heterocycles. The van der Waals surface area contributed by atoms with Crippen LogP contribution in [0.15, 0.2) is 6.07 Å². The van der Waals surface area contributed by atoms with Gasteiger partial charge in [0.05, 0.1) is 0 Å². The lowest BCUT2D eigenvalue weighted by molar-refractivity contribution is 0.0811. The molecular weight excluding hydrogens is 216 g/mol. The number of hydrogen-bond acceptors (Lipinski definition) is 3. The molecule has 94 valence electrons. The van der Waals surface area contributed by atoms with Crippen LogP contribution in [0.3, 0.4) is 0 Å². The number of anilines is 1. The Labute approximate surface area is 102 Å². The van der Waals surface area contributed by atoms with Crippen molar-refractivity contribution in [3.05, 3.63) is 17.3 Å². The van der Waals surface area contributed by atoms with Crippen molar-refractivity contribution in [3.63, 3.8) is 0 Å². The summed E-state index contributed by atoms with van der Waals surface area (Å²) in [5.74, 6) is 0.345. The number of rotatable bonds is 2. The molecule has 0 fully saturated rings. The predicted molar refractivity (Wildman–Crippen MR) is 69.7 cm³/mol. The number of nitrogen functional groups attached to an aromatic ring is 1. The van der Waals surface area contributed by atoms with Gasteiger partial charge in [0.1, 0.15) is 11.5 Å². The van der Waals surface area contributed by atoms with Gasteiger partial charge in [0.15, 0.2) is 0 Å². The maximum Gasteiger partial charge on any atom is 0.270 e. The van der Waals surface area contributed by atoms with Gasteiger partial charge in [0.25, 0.3) is 5.91 Å². The topological polar surface area (TPSA) is 75.1 Å². The van der Waals surface area contributed by atoms with E-state index in [0.29, 0.717) is 17.1 Å². The third-order valence-electron chi connectivity index (χ3n) is 2.52. The van der Waals surface area contributed by atoms with Crippen LogP contribution in [0, 0.1) is 5.41 Å². The first-order valence-corrected chi connectivity index (χ1v) is 5.44. The second-order valence-corrected chi connectivity index (χ2v) is 5.22. The standard InChI is InChI=1S/C12H20N4O/c1-12(2,3)16-9(11(17)15(4)5)6-8(7-13)10(16)14/h6-7,13H,14H2,1-5H3. The smallest absolute Gasteiger partial charge is 0.270 e. The van der Waals surface area contributed by atoms with Gasteiger partial charge in [-0.15, -0.1) is 0 Å². The molecule has 3 N–H and O–H groups in total. The number of nitrogens with zero attached hydrogens (tertiary/aromatic N) is 2. The summed E-state index contributed by atoms with van der Waals surface area (Å²) in [4.78, 5) is 13.6. The van der Waals surface area contributed by atoms with E-state index in [2.05, 4.69) is 0 Å². The van der Waals surface area contributed by atoms with Crippen molar-refractivity contribution in [2.45, 2.75) is 26.3 Å². The molecule has 17 heavy (non-hydrogen) atoms. The molecule has 0 saturated heterocycles. The van der Waals surface area contributed by atoms with Gasteiger partial charge in [-0.25, -0.2) is 0 Å². The minimum atomic E-state index is -0.299. The molecule has 0 saturated carbocycles. The summed E-state index contributed by atoms with van der Waals surface area (Å²) in [7, 11) is 3.39. The normalized spacial score (nSPS) is 11.4. The Hall–Kier alpha value is -1.78. The highest BCUT2D eigenvalue weighted by atomic mass is 16.2. The van der Waals surface area contributed by atoms with Gasteiger partial charge in [0, 0.05) is 31.4 Å². The molecule has 0 bridgehead atoms. The summed E-state index contributed by atoms with van der Waals surface area (Å²) < 4.78 is 1.77. The summed E-state index contributed by atoms with van der Waals surface area (Å²) in [6.45, 7) is 5.93. The van der Waals surface area contributed by atoms with Crippen LogP contribution in [0.2, 0.25) is 0 Å². The van der Waals surface area contributed by atoms with Crippen LogP contribution in [-0.4, -0.2) is 35.7 Å². The molecule has 0 aliphatic rings. The Morgan fingerprint density at radius 3 is 2.35 bits per heavy atom. The van der Waals surface area contributed by atoms with Gasteiger partial charge >= 0.3 is 0 Å². The Morgan fingerprint density at radius 1 is 1.47 bits per heavy atom. The molecule has 5 heteroatoms. The van der Waals surface area contributed by atoms with E-state index in [-0.39, 0.29) is 11.4 Å². The second-order valence-electron chi connectivity index (χ2n) is 5.22. The molecule has 1 aromatic rings. The van der Waals surface area contributed by atoms with E-state index in [4.69, 9.17) is 11.1 Å². The van der Waals surface area contributed by atoms with Crippen LogP contribution < -0.4 is 5.73 Å². The molecule has 5 nitrogen and oxygen atoms in total. The largest absolute Gasteiger partial charge is 0.385 e. The zero-order chi connectivity index (χ0) is 13.4. The second kappa shape index (κ2) is 4.24. The van der Waals surface area contributed by atoms with Crippen LogP contribution in [0.4, 0.5) is 5.82 Å². The first kappa shape index (κ1) is 13.3. The number of amides is 1. The first-order chi connectivity index (χ1) is 7.70. The highest BCUT2D eigenvalue weighted by Crippen LogP contribution is 2.27. The molecule has 0 spiro atoms. The van der Waals surface area contributed by atoms with Crippen molar-refractivity contribution in [1.82, 2.24) is 9.47 Å². The fourth-order valence-electron chi connectivity index (χ4n) is 1.77. The molecule has 0 aliphatic carbocycles. The molecule has 0 aromatic carbocycles. The number of nitrogens with two attached hydrogens (primary N) is 1. The fourth-order valence-corrected chi connectivity index (χ4v) is 1.77. The summed E-state index contributed by atoms with van der Waals surface area (Å²) in [5, 5.41) is 7.30. The third kappa shape index (κ3) is 2.33.